The van der Waals surface area contributed by atoms with Crippen molar-refractivity contribution in [3.63, 3.8) is 0 Å². The first-order chi connectivity index (χ1) is 7.10. The molecule has 0 saturated heterocycles. The Morgan fingerprint density at radius 3 is 2.40 bits per heavy atom. The molecule has 0 aliphatic heterocycles. The molecule has 0 bridgehead atoms. The molecule has 0 aromatic heterocycles. The number of carbonyl (C=O) groups excluding carboxylic acids is 1. The molecule has 1 aliphatic carbocycles. The van der Waals surface area contributed by atoms with E-state index in [9.17, 15) is 9.59 Å². The summed E-state index contributed by atoms with van der Waals surface area (Å²) in [4.78, 5) is 22.2. The van der Waals surface area contributed by atoms with Gasteiger partial charge < -0.3 is 10.4 Å². The molecule has 0 heterocycles. The molecule has 15 heavy (non-hydrogen) atoms. The molecule has 1 amide bonds. The van der Waals surface area contributed by atoms with Gasteiger partial charge in [-0.2, -0.15) is 0 Å². The van der Waals surface area contributed by atoms with Crippen LogP contribution in [0.15, 0.2) is 0 Å². The minimum absolute atomic E-state index is 0.00549. The predicted octanol–water partition coefficient (Wildman–Crippen LogP) is 1.55. The van der Waals surface area contributed by atoms with Crippen LogP contribution in [0.2, 0.25) is 0 Å². The molecular formula is C11H19NO3. The Bertz CT molecular complexity index is 244. The highest BCUT2D eigenvalue weighted by atomic mass is 16.4. The molecule has 86 valence electrons. The van der Waals surface area contributed by atoms with Crippen LogP contribution in [0, 0.1) is 5.41 Å². The lowest BCUT2D eigenvalue weighted by Gasteiger charge is -2.25. The Morgan fingerprint density at radius 2 is 1.93 bits per heavy atom. The van der Waals surface area contributed by atoms with Gasteiger partial charge in [-0.25, -0.2) is 0 Å². The SMILES string of the molecule is CCC1(C(=O)NCCC(=O)O)CCCC1. The minimum Gasteiger partial charge on any atom is -0.481 e. The average Bonchev–Trinajstić information content (AvgIpc) is 2.66. The lowest BCUT2D eigenvalue weighted by atomic mass is 9.82. The third-order valence-corrected chi connectivity index (χ3v) is 3.34. The van der Waals surface area contributed by atoms with E-state index in [2.05, 4.69) is 5.32 Å². The second kappa shape index (κ2) is 5.14. The van der Waals surface area contributed by atoms with Crippen molar-refractivity contribution in [1.29, 1.82) is 0 Å². The van der Waals surface area contributed by atoms with Crippen LogP contribution in [-0.2, 0) is 9.59 Å². The molecule has 1 rings (SSSR count). The molecule has 0 aromatic carbocycles. The monoisotopic (exact) mass is 213 g/mol. The smallest absolute Gasteiger partial charge is 0.305 e. The first-order valence-electron chi connectivity index (χ1n) is 5.61. The van der Waals surface area contributed by atoms with Crippen LogP contribution in [0.3, 0.4) is 0 Å². The summed E-state index contributed by atoms with van der Waals surface area (Å²) in [5, 5.41) is 11.2. The van der Waals surface area contributed by atoms with Gasteiger partial charge in [-0.05, 0) is 19.3 Å². The zero-order valence-corrected chi connectivity index (χ0v) is 9.21. The van der Waals surface area contributed by atoms with E-state index in [-0.39, 0.29) is 24.3 Å². The first-order valence-corrected chi connectivity index (χ1v) is 5.61. The van der Waals surface area contributed by atoms with Crippen molar-refractivity contribution in [2.75, 3.05) is 6.54 Å². The molecule has 0 radical (unpaired) electrons. The largest absolute Gasteiger partial charge is 0.481 e. The fraction of sp³-hybridized carbons (Fsp3) is 0.818. The van der Waals surface area contributed by atoms with Crippen LogP contribution < -0.4 is 5.32 Å². The maximum atomic E-state index is 11.9. The van der Waals surface area contributed by atoms with E-state index < -0.39 is 5.97 Å². The Hall–Kier alpha value is -1.06. The number of carbonyl (C=O) groups is 2. The van der Waals surface area contributed by atoms with E-state index >= 15 is 0 Å². The highest BCUT2D eigenvalue weighted by Crippen LogP contribution is 2.40. The second-order valence-electron chi connectivity index (χ2n) is 4.24. The molecule has 1 aliphatic rings. The zero-order valence-electron chi connectivity index (χ0n) is 9.21. The van der Waals surface area contributed by atoms with Crippen molar-refractivity contribution in [1.82, 2.24) is 5.32 Å². The quantitative estimate of drug-likeness (QED) is 0.728. The number of amides is 1. The summed E-state index contributed by atoms with van der Waals surface area (Å²) in [7, 11) is 0. The summed E-state index contributed by atoms with van der Waals surface area (Å²) in [5.41, 5.74) is -0.210. The van der Waals surface area contributed by atoms with Gasteiger partial charge in [0.2, 0.25) is 5.91 Å². The standard InChI is InChI=1S/C11H19NO3/c1-2-11(6-3-4-7-11)10(15)12-8-5-9(13)14/h2-8H2,1H3,(H,12,15)(H,13,14). The van der Waals surface area contributed by atoms with Gasteiger partial charge in [-0.15, -0.1) is 0 Å². The zero-order chi connectivity index (χ0) is 11.3. The predicted molar refractivity (Wildman–Crippen MR) is 56.5 cm³/mol. The van der Waals surface area contributed by atoms with E-state index in [1.54, 1.807) is 0 Å². The van der Waals surface area contributed by atoms with Gasteiger partial charge in [0.15, 0.2) is 0 Å². The van der Waals surface area contributed by atoms with Crippen LogP contribution >= 0.6 is 0 Å². The van der Waals surface area contributed by atoms with Crippen LogP contribution in [0.25, 0.3) is 0 Å². The van der Waals surface area contributed by atoms with Crippen LogP contribution in [-0.4, -0.2) is 23.5 Å². The van der Waals surface area contributed by atoms with Crippen molar-refractivity contribution in [3.05, 3.63) is 0 Å². The first kappa shape index (κ1) is 12.0. The molecule has 2 N–H and O–H groups in total. The number of hydrogen-bond donors (Lipinski definition) is 2. The molecule has 1 saturated carbocycles. The van der Waals surface area contributed by atoms with E-state index in [4.69, 9.17) is 5.11 Å². The van der Waals surface area contributed by atoms with Gasteiger partial charge in [-0.3, -0.25) is 9.59 Å². The number of hydrogen-bond acceptors (Lipinski definition) is 2. The number of carboxylic acid groups (broad SMARTS) is 1. The fourth-order valence-corrected chi connectivity index (χ4v) is 2.26. The Kier molecular flexibility index (Phi) is 4.12. The van der Waals surface area contributed by atoms with Gasteiger partial charge in [0.1, 0.15) is 0 Å². The number of nitrogens with one attached hydrogen (secondary N) is 1. The topological polar surface area (TPSA) is 66.4 Å². The van der Waals surface area contributed by atoms with Gasteiger partial charge in [0, 0.05) is 12.0 Å². The Morgan fingerprint density at radius 1 is 1.33 bits per heavy atom. The normalized spacial score (nSPS) is 18.7. The molecule has 0 unspecified atom stereocenters. The lowest BCUT2D eigenvalue weighted by Crippen LogP contribution is -2.39. The lowest BCUT2D eigenvalue weighted by molar-refractivity contribution is -0.137. The average molecular weight is 213 g/mol. The number of aliphatic carboxylic acids is 1. The highest BCUT2D eigenvalue weighted by molar-refractivity contribution is 5.83. The summed E-state index contributed by atoms with van der Waals surface area (Å²) in [5.74, 6) is -0.823. The van der Waals surface area contributed by atoms with Crippen LogP contribution in [0.1, 0.15) is 45.4 Å². The van der Waals surface area contributed by atoms with Gasteiger partial charge in [-0.1, -0.05) is 19.8 Å². The summed E-state index contributed by atoms with van der Waals surface area (Å²) in [6.07, 6.45) is 4.97. The minimum atomic E-state index is -0.868. The number of carboxylic acids is 1. The molecular weight excluding hydrogens is 194 g/mol. The van der Waals surface area contributed by atoms with E-state index in [1.807, 2.05) is 6.92 Å². The van der Waals surface area contributed by atoms with Crippen molar-refractivity contribution in [3.8, 4) is 0 Å². The van der Waals surface area contributed by atoms with Crippen molar-refractivity contribution in [2.24, 2.45) is 5.41 Å². The summed E-state index contributed by atoms with van der Waals surface area (Å²) in [6.45, 7) is 2.28. The molecule has 4 nitrogen and oxygen atoms in total. The maximum Gasteiger partial charge on any atom is 0.305 e. The summed E-state index contributed by atoms with van der Waals surface area (Å²) in [6, 6.07) is 0. The van der Waals surface area contributed by atoms with E-state index in [1.165, 1.54) is 0 Å². The van der Waals surface area contributed by atoms with E-state index in [0.29, 0.717) is 0 Å². The third-order valence-electron chi connectivity index (χ3n) is 3.34. The fourth-order valence-electron chi connectivity index (χ4n) is 2.26. The van der Waals surface area contributed by atoms with Crippen LogP contribution in [0.4, 0.5) is 0 Å². The molecule has 0 aromatic rings. The molecule has 0 spiro atoms. The maximum absolute atomic E-state index is 11.9. The van der Waals surface area contributed by atoms with Gasteiger partial charge in [0.25, 0.3) is 0 Å². The molecule has 4 heteroatoms. The summed E-state index contributed by atoms with van der Waals surface area (Å²) < 4.78 is 0. The Balaban J connectivity index is 2.40. The van der Waals surface area contributed by atoms with E-state index in [0.717, 1.165) is 32.1 Å². The van der Waals surface area contributed by atoms with Crippen LogP contribution in [0.5, 0.6) is 0 Å². The highest BCUT2D eigenvalue weighted by Gasteiger charge is 2.38. The number of rotatable bonds is 5. The van der Waals surface area contributed by atoms with Crippen molar-refractivity contribution in [2.45, 2.75) is 45.4 Å². The summed E-state index contributed by atoms with van der Waals surface area (Å²) >= 11 is 0. The second-order valence-corrected chi connectivity index (χ2v) is 4.24. The molecule has 0 atom stereocenters. The molecule has 1 fully saturated rings. The third kappa shape index (κ3) is 2.94. The van der Waals surface area contributed by atoms with Gasteiger partial charge in [0.05, 0.1) is 6.42 Å². The Labute approximate surface area is 90.0 Å². The van der Waals surface area contributed by atoms with Crippen molar-refractivity contribution >= 4 is 11.9 Å². The van der Waals surface area contributed by atoms with Crippen molar-refractivity contribution < 1.29 is 14.7 Å². The van der Waals surface area contributed by atoms with Gasteiger partial charge >= 0.3 is 5.97 Å².